The Morgan fingerprint density at radius 1 is 1.15 bits per heavy atom. The molecule has 2 fully saturated rings. The van der Waals surface area contributed by atoms with Crippen molar-refractivity contribution in [1.82, 2.24) is 9.80 Å². The van der Waals surface area contributed by atoms with Crippen molar-refractivity contribution in [1.29, 1.82) is 0 Å². The predicted octanol–water partition coefficient (Wildman–Crippen LogP) is 3.73. The molecule has 2 aromatic carbocycles. The predicted molar refractivity (Wildman–Crippen MR) is 148 cm³/mol. The van der Waals surface area contributed by atoms with Crippen LogP contribution in [0.1, 0.15) is 29.8 Å². The van der Waals surface area contributed by atoms with E-state index in [1.54, 1.807) is 74.3 Å². The van der Waals surface area contributed by atoms with E-state index in [1.807, 2.05) is 0 Å². The number of carbonyl (C=O) groups is 3. The molecule has 0 atom stereocenters. The van der Waals surface area contributed by atoms with E-state index in [2.05, 4.69) is 4.99 Å². The molecule has 2 heterocycles. The molecule has 0 aliphatic carbocycles. The highest BCUT2D eigenvalue weighted by atomic mass is 32.2. The molecule has 206 valence electrons. The lowest BCUT2D eigenvalue weighted by molar-refractivity contribution is -0.137. The van der Waals surface area contributed by atoms with Crippen molar-refractivity contribution in [3.05, 3.63) is 58.5 Å². The first-order valence-electron chi connectivity index (χ1n) is 12.5. The van der Waals surface area contributed by atoms with E-state index in [9.17, 15) is 14.4 Å². The van der Waals surface area contributed by atoms with Gasteiger partial charge in [-0.1, -0.05) is 18.2 Å². The van der Waals surface area contributed by atoms with Crippen molar-refractivity contribution < 1.29 is 33.3 Å². The zero-order valence-electron chi connectivity index (χ0n) is 22.3. The molecule has 39 heavy (non-hydrogen) atoms. The SMILES string of the molecule is COc1cccc(C=C2SC(=Nc3cccc(C(=O)OC(C)C)c3)N(C)C2=O)c1OCC(=O)N1CCOCC1. The first-order chi connectivity index (χ1) is 18.8. The van der Waals surface area contributed by atoms with Crippen molar-refractivity contribution >= 4 is 46.5 Å². The average molecular weight is 554 g/mol. The molecule has 2 saturated heterocycles. The van der Waals surface area contributed by atoms with Gasteiger partial charge >= 0.3 is 5.97 Å². The van der Waals surface area contributed by atoms with E-state index in [0.717, 1.165) is 0 Å². The number of morpholine rings is 1. The van der Waals surface area contributed by atoms with Gasteiger partial charge in [0.2, 0.25) is 0 Å². The van der Waals surface area contributed by atoms with Crippen LogP contribution < -0.4 is 9.47 Å². The second kappa shape index (κ2) is 12.8. The molecule has 0 bridgehead atoms. The van der Waals surface area contributed by atoms with Crippen molar-refractivity contribution in [3.8, 4) is 11.5 Å². The van der Waals surface area contributed by atoms with Crippen molar-refractivity contribution in [3.63, 3.8) is 0 Å². The monoisotopic (exact) mass is 553 g/mol. The number of amides is 2. The fraction of sp³-hybridized carbons (Fsp3) is 0.357. The first-order valence-corrected chi connectivity index (χ1v) is 13.3. The van der Waals surface area contributed by atoms with Gasteiger partial charge in [0.1, 0.15) is 0 Å². The Kier molecular flexibility index (Phi) is 9.26. The molecular weight excluding hydrogens is 522 g/mol. The number of carbonyl (C=O) groups excluding carboxylic acids is 3. The van der Waals surface area contributed by atoms with Gasteiger partial charge < -0.3 is 23.8 Å². The summed E-state index contributed by atoms with van der Waals surface area (Å²) in [5.41, 5.74) is 1.49. The summed E-state index contributed by atoms with van der Waals surface area (Å²) in [5.74, 6) is -0.0160. The molecule has 2 aliphatic heterocycles. The van der Waals surface area contributed by atoms with Crippen LogP contribution in [0.15, 0.2) is 52.4 Å². The summed E-state index contributed by atoms with van der Waals surface area (Å²) in [5, 5.41) is 0.452. The number of ether oxygens (including phenoxy) is 4. The minimum atomic E-state index is -0.436. The molecule has 0 unspecified atom stereocenters. The molecule has 2 aliphatic rings. The summed E-state index contributed by atoms with van der Waals surface area (Å²) < 4.78 is 22.0. The Morgan fingerprint density at radius 2 is 1.90 bits per heavy atom. The summed E-state index contributed by atoms with van der Waals surface area (Å²) in [6.45, 7) is 5.44. The number of hydrogen-bond donors (Lipinski definition) is 0. The number of aliphatic imine (C=N–C) groups is 1. The van der Waals surface area contributed by atoms with Crippen molar-refractivity contribution in [2.45, 2.75) is 20.0 Å². The van der Waals surface area contributed by atoms with Crippen LogP contribution in [0.4, 0.5) is 5.69 Å². The minimum Gasteiger partial charge on any atom is -0.493 e. The third kappa shape index (κ3) is 6.98. The second-order valence-corrected chi connectivity index (χ2v) is 10.0. The number of methoxy groups -OCH3 is 1. The maximum atomic E-state index is 13.1. The molecule has 11 heteroatoms. The van der Waals surface area contributed by atoms with E-state index in [4.69, 9.17) is 18.9 Å². The zero-order chi connectivity index (χ0) is 27.9. The summed E-state index contributed by atoms with van der Waals surface area (Å²) in [6, 6.07) is 12.0. The molecule has 0 saturated carbocycles. The van der Waals surface area contributed by atoms with Gasteiger partial charge in [0.15, 0.2) is 23.3 Å². The zero-order valence-corrected chi connectivity index (χ0v) is 23.2. The highest BCUT2D eigenvalue weighted by Crippen LogP contribution is 2.38. The van der Waals surface area contributed by atoms with Gasteiger partial charge in [-0.3, -0.25) is 14.5 Å². The number of esters is 1. The van der Waals surface area contributed by atoms with E-state index in [-0.39, 0.29) is 24.5 Å². The summed E-state index contributed by atoms with van der Waals surface area (Å²) in [6.07, 6.45) is 1.46. The molecule has 0 radical (unpaired) electrons. The smallest absolute Gasteiger partial charge is 0.338 e. The fourth-order valence-electron chi connectivity index (χ4n) is 3.89. The van der Waals surface area contributed by atoms with Crippen LogP contribution in [0, 0.1) is 0 Å². The molecule has 10 nitrogen and oxygen atoms in total. The first kappa shape index (κ1) is 28.2. The van der Waals surface area contributed by atoms with Crippen LogP contribution in [-0.2, 0) is 19.1 Å². The maximum absolute atomic E-state index is 13.1. The quantitative estimate of drug-likeness (QED) is 0.360. The van der Waals surface area contributed by atoms with Gasteiger partial charge in [-0.2, -0.15) is 0 Å². The summed E-state index contributed by atoms with van der Waals surface area (Å²) in [7, 11) is 3.15. The van der Waals surface area contributed by atoms with Crippen LogP contribution in [-0.4, -0.2) is 85.9 Å². The number of thioether (sulfide) groups is 1. The van der Waals surface area contributed by atoms with E-state index in [1.165, 1.54) is 23.8 Å². The lowest BCUT2D eigenvalue weighted by Crippen LogP contribution is -2.43. The molecule has 0 N–H and O–H groups in total. The van der Waals surface area contributed by atoms with Crippen LogP contribution >= 0.6 is 11.8 Å². The Labute approximate surface area is 231 Å². The normalized spacial score (nSPS) is 17.7. The standard InChI is InChI=1S/C28H31N3O7S/c1-18(2)38-27(34)20-8-5-9-21(15-20)29-28-30(3)26(33)23(39-28)16-19-7-6-10-22(35-4)25(19)37-17-24(32)31-11-13-36-14-12-31/h5-10,15-16,18H,11-14,17H2,1-4H3. The highest BCUT2D eigenvalue weighted by Gasteiger charge is 2.31. The van der Waals surface area contributed by atoms with Crippen LogP contribution in [0.5, 0.6) is 11.5 Å². The van der Waals surface area contributed by atoms with Gasteiger partial charge in [0, 0.05) is 25.7 Å². The molecular formula is C28H31N3O7S. The Balaban J connectivity index is 1.55. The van der Waals surface area contributed by atoms with E-state index in [0.29, 0.717) is 64.7 Å². The topological polar surface area (TPSA) is 107 Å². The molecule has 4 rings (SSSR count). The molecule has 2 amide bonds. The number of para-hydroxylation sites is 1. The average Bonchev–Trinajstić information content (AvgIpc) is 3.19. The van der Waals surface area contributed by atoms with Crippen LogP contribution in [0.3, 0.4) is 0 Å². The van der Waals surface area contributed by atoms with Crippen LogP contribution in [0.25, 0.3) is 6.08 Å². The number of hydrogen-bond acceptors (Lipinski definition) is 9. The number of likely N-dealkylation sites (N-methyl/N-ethyl adjacent to an activating group) is 1. The Bertz CT molecular complexity index is 1300. The lowest BCUT2D eigenvalue weighted by atomic mass is 10.1. The number of nitrogens with zero attached hydrogens (tertiary/aromatic N) is 3. The Morgan fingerprint density at radius 3 is 2.62 bits per heavy atom. The molecule has 0 aromatic heterocycles. The lowest BCUT2D eigenvalue weighted by Gasteiger charge is -2.27. The van der Waals surface area contributed by atoms with Crippen molar-refractivity contribution in [2.75, 3.05) is 47.1 Å². The number of amidine groups is 1. The molecule has 2 aromatic rings. The van der Waals surface area contributed by atoms with E-state index >= 15 is 0 Å². The van der Waals surface area contributed by atoms with Gasteiger partial charge in [0.05, 0.1) is 42.6 Å². The minimum absolute atomic E-state index is 0.150. The number of benzene rings is 2. The summed E-state index contributed by atoms with van der Waals surface area (Å²) in [4.78, 5) is 46.2. The van der Waals surface area contributed by atoms with E-state index < -0.39 is 5.97 Å². The molecule has 0 spiro atoms. The fourth-order valence-corrected chi connectivity index (χ4v) is 4.87. The van der Waals surface area contributed by atoms with Crippen LogP contribution in [0.2, 0.25) is 0 Å². The van der Waals surface area contributed by atoms with Crippen molar-refractivity contribution in [2.24, 2.45) is 4.99 Å². The van der Waals surface area contributed by atoms with Gasteiger partial charge in [-0.15, -0.1) is 0 Å². The van der Waals surface area contributed by atoms with Gasteiger partial charge in [-0.25, -0.2) is 9.79 Å². The van der Waals surface area contributed by atoms with Gasteiger partial charge in [0.25, 0.3) is 11.8 Å². The number of rotatable bonds is 8. The summed E-state index contributed by atoms with van der Waals surface area (Å²) >= 11 is 1.20. The second-order valence-electron chi connectivity index (χ2n) is 9.03. The highest BCUT2D eigenvalue weighted by molar-refractivity contribution is 8.18. The third-order valence-electron chi connectivity index (χ3n) is 5.87. The van der Waals surface area contributed by atoms with Gasteiger partial charge in [-0.05, 0) is 56.0 Å². The largest absolute Gasteiger partial charge is 0.493 e. The Hall–Kier alpha value is -3.83. The maximum Gasteiger partial charge on any atom is 0.338 e. The third-order valence-corrected chi connectivity index (χ3v) is 6.93.